The lowest BCUT2D eigenvalue weighted by Gasteiger charge is -2.27. The molecule has 1 aromatic heterocycles. The maximum Gasteiger partial charge on any atom is 0.102 e. The van der Waals surface area contributed by atoms with Crippen molar-refractivity contribution in [2.75, 3.05) is 13.1 Å². The first-order chi connectivity index (χ1) is 6.70. The van der Waals surface area contributed by atoms with E-state index in [2.05, 4.69) is 28.7 Å². The van der Waals surface area contributed by atoms with Crippen molar-refractivity contribution in [3.05, 3.63) is 18.2 Å². The first-order valence-corrected chi connectivity index (χ1v) is 5.13. The minimum atomic E-state index is -0.0255. The van der Waals surface area contributed by atoms with Crippen molar-refractivity contribution < 1.29 is 0 Å². The lowest BCUT2D eigenvalue weighted by molar-refractivity contribution is 0.269. The number of nitrogens with zero attached hydrogens (tertiary/aromatic N) is 2. The summed E-state index contributed by atoms with van der Waals surface area (Å²) in [5.74, 6) is 0. The summed E-state index contributed by atoms with van der Waals surface area (Å²) < 4.78 is 0. The first-order valence-electron chi connectivity index (χ1n) is 4.72. The Hall–Kier alpha value is -0.940. The lowest BCUT2D eigenvalue weighted by Crippen LogP contribution is -2.36. The molecule has 78 valence electrons. The van der Waals surface area contributed by atoms with Crippen molar-refractivity contribution in [2.45, 2.75) is 19.9 Å². The summed E-state index contributed by atoms with van der Waals surface area (Å²) in [6.45, 7) is 6.01. The third-order valence-electron chi connectivity index (χ3n) is 2.26. The number of hydrogen-bond donors (Lipinski definition) is 2. The maximum atomic E-state index is 5.72. The summed E-state index contributed by atoms with van der Waals surface area (Å²) in [6, 6.07) is -0.0255. The highest BCUT2D eigenvalue weighted by Crippen LogP contribution is 2.17. The van der Waals surface area contributed by atoms with Gasteiger partial charge in [-0.3, -0.25) is 4.90 Å². The average Bonchev–Trinajstić information content (AvgIpc) is 2.65. The van der Waals surface area contributed by atoms with E-state index in [1.165, 1.54) is 0 Å². The molecule has 0 aliphatic carbocycles. The van der Waals surface area contributed by atoms with Gasteiger partial charge in [-0.25, -0.2) is 4.98 Å². The van der Waals surface area contributed by atoms with Gasteiger partial charge in [-0.15, -0.1) is 0 Å². The number of thiocarbonyl (C=S) groups is 1. The molecule has 1 atom stereocenters. The van der Waals surface area contributed by atoms with Gasteiger partial charge in [-0.2, -0.15) is 0 Å². The van der Waals surface area contributed by atoms with Crippen LogP contribution in [0.4, 0.5) is 0 Å². The number of nitrogens with one attached hydrogen (secondary N) is 1. The van der Waals surface area contributed by atoms with E-state index in [9.17, 15) is 0 Å². The molecule has 1 unspecified atom stereocenters. The van der Waals surface area contributed by atoms with Crippen LogP contribution in [-0.2, 0) is 0 Å². The van der Waals surface area contributed by atoms with Crippen LogP contribution in [-0.4, -0.2) is 32.9 Å². The zero-order valence-corrected chi connectivity index (χ0v) is 9.34. The van der Waals surface area contributed by atoms with Gasteiger partial charge in [0.2, 0.25) is 0 Å². The first kappa shape index (κ1) is 11.1. The highest BCUT2D eigenvalue weighted by atomic mass is 32.1. The number of H-pyrrole nitrogens is 1. The molecular formula is C9H16N4S. The van der Waals surface area contributed by atoms with Crippen molar-refractivity contribution in [3.63, 3.8) is 0 Å². The summed E-state index contributed by atoms with van der Waals surface area (Å²) >= 11 is 5.06. The molecule has 0 saturated heterocycles. The minimum absolute atomic E-state index is 0.0255. The highest BCUT2D eigenvalue weighted by Gasteiger charge is 2.21. The monoisotopic (exact) mass is 212 g/mol. The molecule has 1 heterocycles. The zero-order chi connectivity index (χ0) is 10.6. The molecule has 5 heteroatoms. The van der Waals surface area contributed by atoms with Crippen molar-refractivity contribution in [3.8, 4) is 0 Å². The quantitative estimate of drug-likeness (QED) is 0.717. The van der Waals surface area contributed by atoms with Crippen LogP contribution in [0.2, 0.25) is 0 Å². The highest BCUT2D eigenvalue weighted by molar-refractivity contribution is 7.80. The molecule has 0 amide bonds. The smallest absolute Gasteiger partial charge is 0.102 e. The van der Waals surface area contributed by atoms with Crippen LogP contribution < -0.4 is 5.73 Å². The Morgan fingerprint density at radius 2 is 2.29 bits per heavy atom. The van der Waals surface area contributed by atoms with Gasteiger partial charge in [0, 0.05) is 6.20 Å². The largest absolute Gasteiger partial charge is 0.392 e. The molecular weight excluding hydrogens is 196 g/mol. The van der Waals surface area contributed by atoms with E-state index in [4.69, 9.17) is 18.0 Å². The molecule has 1 aromatic rings. The summed E-state index contributed by atoms with van der Waals surface area (Å²) in [5.41, 5.74) is 6.68. The van der Waals surface area contributed by atoms with Crippen molar-refractivity contribution in [2.24, 2.45) is 5.73 Å². The second kappa shape index (κ2) is 5.07. The number of rotatable bonds is 5. The SMILES string of the molecule is CCN(CC)C(C(N)=S)c1cnc[nH]1. The third kappa shape index (κ3) is 2.30. The van der Waals surface area contributed by atoms with Crippen LogP contribution in [0.15, 0.2) is 12.5 Å². The van der Waals surface area contributed by atoms with Crippen LogP contribution in [0.1, 0.15) is 25.6 Å². The Morgan fingerprint density at radius 3 is 2.64 bits per heavy atom. The van der Waals surface area contributed by atoms with Gasteiger partial charge in [-0.1, -0.05) is 26.1 Å². The molecule has 0 fully saturated rings. The van der Waals surface area contributed by atoms with E-state index in [0.717, 1.165) is 18.8 Å². The Balaban J connectivity index is 2.89. The molecule has 0 aromatic carbocycles. The van der Waals surface area contributed by atoms with Gasteiger partial charge in [0.1, 0.15) is 6.04 Å². The molecule has 4 nitrogen and oxygen atoms in total. The van der Waals surface area contributed by atoms with Gasteiger partial charge in [0.25, 0.3) is 0 Å². The Kier molecular flexibility index (Phi) is 4.03. The second-order valence-electron chi connectivity index (χ2n) is 3.03. The summed E-state index contributed by atoms with van der Waals surface area (Å²) in [6.07, 6.45) is 3.41. The Labute approximate surface area is 89.5 Å². The zero-order valence-electron chi connectivity index (χ0n) is 8.53. The van der Waals surface area contributed by atoms with Gasteiger partial charge in [0.15, 0.2) is 0 Å². The Morgan fingerprint density at radius 1 is 1.64 bits per heavy atom. The molecule has 14 heavy (non-hydrogen) atoms. The molecule has 3 N–H and O–H groups in total. The normalized spacial score (nSPS) is 13.1. The van der Waals surface area contributed by atoms with Crippen LogP contribution in [0, 0.1) is 0 Å². The van der Waals surface area contributed by atoms with Gasteiger partial charge < -0.3 is 10.7 Å². The summed E-state index contributed by atoms with van der Waals surface area (Å²) in [7, 11) is 0. The van der Waals surface area contributed by atoms with Crippen LogP contribution >= 0.6 is 12.2 Å². The minimum Gasteiger partial charge on any atom is -0.392 e. The molecule has 0 spiro atoms. The van der Waals surface area contributed by atoms with E-state index < -0.39 is 0 Å². The van der Waals surface area contributed by atoms with E-state index in [-0.39, 0.29) is 6.04 Å². The fraction of sp³-hybridized carbons (Fsp3) is 0.556. The fourth-order valence-corrected chi connectivity index (χ4v) is 1.81. The topological polar surface area (TPSA) is 57.9 Å². The molecule has 0 bridgehead atoms. The van der Waals surface area contributed by atoms with E-state index in [1.54, 1.807) is 12.5 Å². The number of aromatic nitrogens is 2. The third-order valence-corrected chi connectivity index (χ3v) is 2.48. The molecule has 0 radical (unpaired) electrons. The molecule has 1 rings (SSSR count). The van der Waals surface area contributed by atoms with Crippen molar-refractivity contribution >= 4 is 17.2 Å². The summed E-state index contributed by atoms with van der Waals surface area (Å²) in [4.78, 5) is 9.70. The number of imidazole rings is 1. The van der Waals surface area contributed by atoms with E-state index in [0.29, 0.717) is 4.99 Å². The average molecular weight is 212 g/mol. The lowest BCUT2D eigenvalue weighted by atomic mass is 10.2. The van der Waals surface area contributed by atoms with Gasteiger partial charge >= 0.3 is 0 Å². The molecule has 0 aliphatic rings. The van der Waals surface area contributed by atoms with Gasteiger partial charge in [-0.05, 0) is 13.1 Å². The standard InChI is InChI=1S/C9H16N4S/c1-3-13(4-2)8(9(10)14)7-5-11-6-12-7/h5-6,8H,3-4H2,1-2H3,(H2,10,14)(H,11,12). The molecule has 0 saturated carbocycles. The molecule has 0 aliphatic heterocycles. The van der Waals surface area contributed by atoms with E-state index in [1.807, 2.05) is 0 Å². The number of aromatic amines is 1. The van der Waals surface area contributed by atoms with Crippen LogP contribution in [0.5, 0.6) is 0 Å². The van der Waals surface area contributed by atoms with Gasteiger partial charge in [0.05, 0.1) is 17.0 Å². The number of likely N-dealkylation sites (N-methyl/N-ethyl adjacent to an activating group) is 1. The van der Waals surface area contributed by atoms with Crippen LogP contribution in [0.3, 0.4) is 0 Å². The summed E-state index contributed by atoms with van der Waals surface area (Å²) in [5, 5.41) is 0. The maximum absolute atomic E-state index is 5.72. The fourth-order valence-electron chi connectivity index (χ4n) is 1.53. The predicted octanol–water partition coefficient (Wildman–Crippen LogP) is 1.08. The van der Waals surface area contributed by atoms with Crippen LogP contribution in [0.25, 0.3) is 0 Å². The predicted molar refractivity (Wildman–Crippen MR) is 61.0 cm³/mol. The number of nitrogens with two attached hydrogens (primary N) is 1. The van der Waals surface area contributed by atoms with Crippen molar-refractivity contribution in [1.29, 1.82) is 0 Å². The second-order valence-corrected chi connectivity index (χ2v) is 3.50. The number of hydrogen-bond acceptors (Lipinski definition) is 3. The van der Waals surface area contributed by atoms with E-state index >= 15 is 0 Å². The Bertz CT molecular complexity index is 279. The van der Waals surface area contributed by atoms with Crippen molar-refractivity contribution in [1.82, 2.24) is 14.9 Å².